The molecule has 3 aromatic rings. The fraction of sp³-hybridized carbons (Fsp3) is 0.250. The Morgan fingerprint density at radius 2 is 1.93 bits per heavy atom. The molecule has 28 heavy (non-hydrogen) atoms. The first-order chi connectivity index (χ1) is 12.9. The van der Waals surface area contributed by atoms with E-state index in [9.17, 15) is 4.79 Å². The number of carbonyl (C=O) groups is 1. The molecule has 0 bridgehead atoms. The van der Waals surface area contributed by atoms with Crippen molar-refractivity contribution in [1.82, 2.24) is 14.8 Å². The van der Waals surface area contributed by atoms with E-state index < -0.39 is 5.91 Å². The monoisotopic (exact) mass is 401 g/mol. The molecule has 0 unspecified atom stereocenters. The highest BCUT2D eigenvalue weighted by Crippen LogP contribution is 2.25. The number of benzene rings is 2. The first kappa shape index (κ1) is 21.2. The molecule has 0 aliphatic rings. The molecule has 3 N–H and O–H groups in total. The normalized spacial score (nSPS) is 10.5. The van der Waals surface area contributed by atoms with Crippen LogP contribution in [0.25, 0.3) is 5.69 Å². The second-order valence-corrected chi connectivity index (χ2v) is 6.52. The Hall–Kier alpha value is -3.06. The molecule has 0 saturated carbocycles. The van der Waals surface area contributed by atoms with Crippen LogP contribution in [-0.2, 0) is 0 Å². The molecule has 3 rings (SSSR count). The maximum absolute atomic E-state index is 12.6. The molecule has 1 aromatic heterocycles. The topological polar surface area (TPSA) is 95.1 Å². The summed E-state index contributed by atoms with van der Waals surface area (Å²) in [4.78, 5) is 17.0. The molecule has 0 aliphatic heterocycles. The van der Waals surface area contributed by atoms with E-state index in [-0.39, 0.29) is 18.2 Å². The zero-order valence-corrected chi connectivity index (χ0v) is 17.1. The van der Waals surface area contributed by atoms with Crippen LogP contribution in [0, 0.1) is 6.92 Å². The van der Waals surface area contributed by atoms with E-state index in [2.05, 4.69) is 35.3 Å². The maximum atomic E-state index is 12.6. The second kappa shape index (κ2) is 8.75. The largest absolute Gasteiger partial charge is 0.497 e. The van der Waals surface area contributed by atoms with Crippen LogP contribution in [0.5, 0.6) is 5.75 Å². The third-order valence-electron chi connectivity index (χ3n) is 4.27. The molecular weight excluding hydrogens is 378 g/mol. The third kappa shape index (κ3) is 4.26. The first-order valence-electron chi connectivity index (χ1n) is 8.68. The smallest absolute Gasteiger partial charge is 0.295 e. The van der Waals surface area contributed by atoms with E-state index in [4.69, 9.17) is 10.5 Å². The number of anilines is 2. The maximum Gasteiger partial charge on any atom is 0.295 e. The lowest BCUT2D eigenvalue weighted by Crippen LogP contribution is -2.15. The van der Waals surface area contributed by atoms with Crippen LogP contribution in [0.2, 0.25) is 0 Å². The van der Waals surface area contributed by atoms with Crippen molar-refractivity contribution in [2.45, 2.75) is 26.7 Å². The lowest BCUT2D eigenvalue weighted by molar-refractivity contribution is 0.101. The summed E-state index contributed by atoms with van der Waals surface area (Å²) in [6.07, 6.45) is 0. The molecule has 0 atom stereocenters. The first-order valence-corrected chi connectivity index (χ1v) is 8.68. The number of amides is 1. The zero-order valence-electron chi connectivity index (χ0n) is 16.3. The predicted octanol–water partition coefficient (Wildman–Crippen LogP) is 3.96. The molecule has 148 valence electrons. The molecule has 0 spiro atoms. The van der Waals surface area contributed by atoms with Gasteiger partial charge in [0.25, 0.3) is 5.91 Å². The Bertz CT molecular complexity index is 984. The van der Waals surface area contributed by atoms with Crippen LogP contribution in [0.3, 0.4) is 0 Å². The molecule has 0 saturated heterocycles. The van der Waals surface area contributed by atoms with Crippen molar-refractivity contribution in [1.29, 1.82) is 0 Å². The zero-order chi connectivity index (χ0) is 19.6. The van der Waals surface area contributed by atoms with Gasteiger partial charge in [0.1, 0.15) is 11.6 Å². The minimum Gasteiger partial charge on any atom is -0.497 e. The Morgan fingerprint density at radius 1 is 1.21 bits per heavy atom. The Balaban J connectivity index is 0.00000280. The molecule has 2 aromatic carbocycles. The highest BCUT2D eigenvalue weighted by atomic mass is 35.5. The molecule has 7 nitrogen and oxygen atoms in total. The molecule has 1 heterocycles. The number of nitrogens with one attached hydrogen (secondary N) is 1. The van der Waals surface area contributed by atoms with Crippen molar-refractivity contribution in [2.75, 3.05) is 18.2 Å². The Morgan fingerprint density at radius 3 is 2.61 bits per heavy atom. The number of aromatic nitrogens is 3. The van der Waals surface area contributed by atoms with Crippen LogP contribution < -0.4 is 15.8 Å². The van der Waals surface area contributed by atoms with Crippen molar-refractivity contribution < 1.29 is 9.53 Å². The van der Waals surface area contributed by atoms with Crippen molar-refractivity contribution >= 4 is 29.7 Å². The number of hydrogen-bond donors (Lipinski definition) is 2. The third-order valence-corrected chi connectivity index (χ3v) is 4.27. The average molecular weight is 402 g/mol. The van der Waals surface area contributed by atoms with Crippen molar-refractivity contribution in [3.63, 3.8) is 0 Å². The number of hydrogen-bond acceptors (Lipinski definition) is 5. The number of halogens is 1. The van der Waals surface area contributed by atoms with Gasteiger partial charge < -0.3 is 15.8 Å². The van der Waals surface area contributed by atoms with Gasteiger partial charge in [0.15, 0.2) is 0 Å². The minimum atomic E-state index is -0.432. The van der Waals surface area contributed by atoms with Gasteiger partial charge in [-0.25, -0.2) is 9.67 Å². The van der Waals surface area contributed by atoms with Gasteiger partial charge >= 0.3 is 0 Å². The number of nitrogen functional groups attached to an aromatic ring is 1. The van der Waals surface area contributed by atoms with E-state index in [0.29, 0.717) is 28.9 Å². The van der Waals surface area contributed by atoms with Gasteiger partial charge in [-0.1, -0.05) is 32.0 Å². The lowest BCUT2D eigenvalue weighted by atomic mass is 10.0. The van der Waals surface area contributed by atoms with E-state index in [1.54, 1.807) is 30.0 Å². The van der Waals surface area contributed by atoms with Gasteiger partial charge in [-0.15, -0.1) is 17.5 Å². The molecular formula is C20H24ClN5O2. The lowest BCUT2D eigenvalue weighted by Gasteiger charge is -2.12. The summed E-state index contributed by atoms with van der Waals surface area (Å²) in [6.45, 7) is 6.05. The summed E-state index contributed by atoms with van der Waals surface area (Å²) in [5.41, 5.74) is 8.87. The predicted molar refractivity (Wildman–Crippen MR) is 113 cm³/mol. The molecule has 8 heteroatoms. The quantitative estimate of drug-likeness (QED) is 0.631. The van der Waals surface area contributed by atoms with Crippen molar-refractivity contribution in [3.05, 3.63) is 59.7 Å². The Labute approximate surface area is 170 Å². The summed E-state index contributed by atoms with van der Waals surface area (Å²) < 4.78 is 6.87. The van der Waals surface area contributed by atoms with Crippen LogP contribution in [0.4, 0.5) is 11.4 Å². The fourth-order valence-electron chi connectivity index (χ4n) is 2.83. The second-order valence-electron chi connectivity index (χ2n) is 6.52. The summed E-state index contributed by atoms with van der Waals surface area (Å²) in [5, 5.41) is 7.16. The summed E-state index contributed by atoms with van der Waals surface area (Å²) in [7, 11) is 1.55. The van der Waals surface area contributed by atoms with Gasteiger partial charge in [0, 0.05) is 6.07 Å². The van der Waals surface area contributed by atoms with Gasteiger partial charge in [-0.2, -0.15) is 0 Å². The average Bonchev–Trinajstić information content (AvgIpc) is 3.05. The van der Waals surface area contributed by atoms with E-state index in [0.717, 1.165) is 11.3 Å². The molecule has 0 aliphatic carbocycles. The van der Waals surface area contributed by atoms with Gasteiger partial charge in [-0.05, 0) is 36.6 Å². The number of para-hydroxylation sites is 1. The number of nitrogens with two attached hydrogens (primary N) is 1. The standard InChI is InChI=1S/C20H23N5O2.ClH/c1-12(2)15-7-5-6-8-18(15)25-13(3)22-19(24-25)20(26)23-17-11-14(27-4)9-10-16(17)21;/h5-12H,21H2,1-4H3,(H,23,26);1H. The van der Waals surface area contributed by atoms with Gasteiger partial charge in [-0.3, -0.25) is 4.79 Å². The van der Waals surface area contributed by atoms with Crippen LogP contribution >= 0.6 is 12.4 Å². The van der Waals surface area contributed by atoms with Gasteiger partial charge in [0.05, 0.1) is 24.2 Å². The van der Waals surface area contributed by atoms with Crippen molar-refractivity contribution in [2.24, 2.45) is 0 Å². The van der Waals surface area contributed by atoms with Crippen molar-refractivity contribution in [3.8, 4) is 11.4 Å². The molecule has 1 amide bonds. The van der Waals surface area contributed by atoms with E-state index in [1.807, 2.05) is 25.1 Å². The summed E-state index contributed by atoms with van der Waals surface area (Å²) in [5.74, 6) is 1.19. The van der Waals surface area contributed by atoms with E-state index >= 15 is 0 Å². The molecule has 0 radical (unpaired) electrons. The van der Waals surface area contributed by atoms with Gasteiger partial charge in [0.2, 0.25) is 5.82 Å². The highest BCUT2D eigenvalue weighted by molar-refractivity contribution is 6.03. The van der Waals surface area contributed by atoms with E-state index in [1.165, 1.54) is 0 Å². The fourth-order valence-corrected chi connectivity index (χ4v) is 2.83. The summed E-state index contributed by atoms with van der Waals surface area (Å²) in [6, 6.07) is 13.0. The highest BCUT2D eigenvalue weighted by Gasteiger charge is 2.18. The number of aryl methyl sites for hydroxylation is 1. The van der Waals surface area contributed by atoms with Crippen LogP contribution in [0.15, 0.2) is 42.5 Å². The minimum absolute atomic E-state index is 0. The SMILES string of the molecule is COc1ccc(N)c(NC(=O)c2nc(C)n(-c3ccccc3C(C)C)n2)c1.Cl. The van der Waals surface area contributed by atoms with Crippen LogP contribution in [-0.4, -0.2) is 27.8 Å². The number of rotatable bonds is 5. The number of ether oxygens (including phenoxy) is 1. The number of nitrogens with zero attached hydrogens (tertiary/aromatic N) is 3. The number of methoxy groups -OCH3 is 1. The Kier molecular flexibility index (Phi) is 6.64. The number of carbonyl (C=O) groups excluding carboxylic acids is 1. The molecule has 0 fully saturated rings. The summed E-state index contributed by atoms with van der Waals surface area (Å²) >= 11 is 0. The van der Waals surface area contributed by atoms with Crippen LogP contribution in [0.1, 0.15) is 41.8 Å².